The van der Waals surface area contributed by atoms with Crippen molar-refractivity contribution >= 4 is 11.5 Å². The first kappa shape index (κ1) is 16.1. The Balaban J connectivity index is 2.14. The van der Waals surface area contributed by atoms with Gasteiger partial charge in [-0.2, -0.15) is 5.10 Å². The number of aryl methyl sites for hydroxylation is 1. The van der Waals surface area contributed by atoms with Crippen molar-refractivity contribution in [3.63, 3.8) is 0 Å². The molecule has 2 rings (SSSR count). The van der Waals surface area contributed by atoms with Gasteiger partial charge in [0.1, 0.15) is 0 Å². The smallest absolute Gasteiger partial charge is 0.0801 e. The van der Waals surface area contributed by atoms with Crippen molar-refractivity contribution in [1.29, 1.82) is 0 Å². The van der Waals surface area contributed by atoms with Crippen LogP contribution in [0.15, 0.2) is 12.3 Å². The molecule has 0 radical (unpaired) electrons. The summed E-state index contributed by atoms with van der Waals surface area (Å²) in [4.78, 5) is 1.25. The van der Waals surface area contributed by atoms with E-state index in [1.54, 1.807) is 0 Å². The monoisotopic (exact) mass is 307 g/mol. The van der Waals surface area contributed by atoms with Gasteiger partial charge in [0.05, 0.1) is 22.3 Å². The molecule has 0 aliphatic rings. The summed E-state index contributed by atoms with van der Waals surface area (Å²) in [6.45, 7) is 9.56. The van der Waals surface area contributed by atoms with E-state index in [-0.39, 0.29) is 6.04 Å². The van der Waals surface area contributed by atoms with Crippen molar-refractivity contribution in [2.24, 2.45) is 0 Å². The van der Waals surface area contributed by atoms with Gasteiger partial charge in [-0.3, -0.25) is 4.68 Å². The lowest BCUT2D eigenvalue weighted by molar-refractivity contribution is 0.467. The van der Waals surface area contributed by atoms with Crippen LogP contribution >= 0.6 is 11.5 Å². The largest absolute Gasteiger partial charge is 0.309 e. The lowest BCUT2D eigenvalue weighted by Crippen LogP contribution is -2.23. The normalized spacial score (nSPS) is 14.3. The van der Waals surface area contributed by atoms with Crippen molar-refractivity contribution in [3.05, 3.63) is 28.5 Å². The molecule has 21 heavy (non-hydrogen) atoms. The van der Waals surface area contributed by atoms with E-state index < -0.39 is 0 Å². The minimum absolute atomic E-state index is 0.255. The molecule has 0 bridgehead atoms. The first-order valence-corrected chi connectivity index (χ1v) is 8.55. The van der Waals surface area contributed by atoms with Gasteiger partial charge in [0, 0.05) is 18.7 Å². The molecule has 0 aliphatic heterocycles. The molecule has 116 valence electrons. The van der Waals surface area contributed by atoms with Crippen LogP contribution in [0.25, 0.3) is 0 Å². The van der Waals surface area contributed by atoms with Crippen LogP contribution in [-0.4, -0.2) is 25.9 Å². The van der Waals surface area contributed by atoms with Gasteiger partial charge in [0.15, 0.2) is 0 Å². The van der Waals surface area contributed by atoms with Crippen LogP contribution in [0.3, 0.4) is 0 Å². The van der Waals surface area contributed by atoms with Gasteiger partial charge in [0.2, 0.25) is 0 Å². The molecular weight excluding hydrogens is 282 g/mol. The van der Waals surface area contributed by atoms with E-state index in [4.69, 9.17) is 5.10 Å². The molecule has 2 heterocycles. The van der Waals surface area contributed by atoms with E-state index >= 15 is 0 Å². The minimum Gasteiger partial charge on any atom is -0.309 e. The fourth-order valence-electron chi connectivity index (χ4n) is 2.36. The average molecular weight is 307 g/mol. The van der Waals surface area contributed by atoms with E-state index in [1.807, 2.05) is 0 Å². The molecule has 2 atom stereocenters. The fourth-order valence-corrected chi connectivity index (χ4v) is 3.17. The fraction of sp³-hybridized carbons (Fsp3) is 0.667. The van der Waals surface area contributed by atoms with Crippen LogP contribution < -0.4 is 5.32 Å². The van der Waals surface area contributed by atoms with Crippen molar-refractivity contribution in [2.75, 3.05) is 6.54 Å². The summed E-state index contributed by atoms with van der Waals surface area (Å²) in [5, 5.41) is 12.5. The van der Waals surface area contributed by atoms with E-state index in [0.717, 1.165) is 37.2 Å². The average Bonchev–Trinajstić information content (AvgIpc) is 3.14. The maximum absolute atomic E-state index is 4.71. The Bertz CT molecular complexity index is 548. The van der Waals surface area contributed by atoms with Crippen molar-refractivity contribution < 1.29 is 0 Å². The van der Waals surface area contributed by atoms with Gasteiger partial charge in [-0.25, -0.2) is 0 Å². The van der Waals surface area contributed by atoms with Gasteiger partial charge >= 0.3 is 0 Å². The predicted octanol–water partition coefficient (Wildman–Crippen LogP) is 3.16. The third kappa shape index (κ3) is 3.89. The zero-order valence-electron chi connectivity index (χ0n) is 13.3. The lowest BCUT2D eigenvalue weighted by Gasteiger charge is -2.16. The van der Waals surface area contributed by atoms with Gasteiger partial charge in [-0.05, 0) is 43.9 Å². The highest BCUT2D eigenvalue weighted by molar-refractivity contribution is 7.05. The Morgan fingerprint density at radius 2 is 2.14 bits per heavy atom. The van der Waals surface area contributed by atoms with Crippen LogP contribution in [0, 0.1) is 0 Å². The Labute approximate surface area is 130 Å². The Kier molecular flexibility index (Phi) is 5.87. The first-order chi connectivity index (χ1) is 10.2. The number of nitrogens with one attached hydrogen (secondary N) is 1. The molecule has 0 aliphatic carbocycles. The highest BCUT2D eigenvalue weighted by Gasteiger charge is 2.19. The van der Waals surface area contributed by atoms with Crippen LogP contribution in [-0.2, 0) is 12.8 Å². The molecule has 0 fully saturated rings. The molecule has 0 saturated heterocycles. The first-order valence-electron chi connectivity index (χ1n) is 7.78. The number of hydrogen-bond donors (Lipinski definition) is 1. The quantitative estimate of drug-likeness (QED) is 0.814. The third-order valence-corrected chi connectivity index (χ3v) is 4.69. The topological polar surface area (TPSA) is 55.6 Å². The zero-order valence-corrected chi connectivity index (χ0v) is 14.2. The summed E-state index contributed by atoms with van der Waals surface area (Å²) < 4.78 is 6.17. The van der Waals surface area contributed by atoms with Crippen LogP contribution in [0.2, 0.25) is 0 Å². The predicted molar refractivity (Wildman–Crippen MR) is 86.6 cm³/mol. The lowest BCUT2D eigenvalue weighted by atomic mass is 10.1. The highest BCUT2D eigenvalue weighted by atomic mass is 32.1. The molecule has 1 N–H and O–H groups in total. The second kappa shape index (κ2) is 7.66. The second-order valence-corrected chi connectivity index (χ2v) is 6.08. The zero-order chi connectivity index (χ0) is 15.2. The van der Waals surface area contributed by atoms with Crippen LogP contribution in [0.5, 0.6) is 0 Å². The summed E-state index contributed by atoms with van der Waals surface area (Å²) in [5.74, 6) is 0. The summed E-state index contributed by atoms with van der Waals surface area (Å²) in [7, 11) is 0. The molecular formula is C15H25N5S. The summed E-state index contributed by atoms with van der Waals surface area (Å²) in [6.07, 6.45) is 4.98. The number of aromatic nitrogens is 4. The Morgan fingerprint density at radius 1 is 1.33 bits per heavy atom. The minimum atomic E-state index is 0.255. The van der Waals surface area contributed by atoms with Crippen molar-refractivity contribution in [3.8, 4) is 0 Å². The maximum atomic E-state index is 4.71. The molecule has 6 heteroatoms. The Hall–Kier alpha value is -1.27. The molecule has 5 nitrogen and oxygen atoms in total. The molecule has 0 saturated carbocycles. The van der Waals surface area contributed by atoms with E-state index in [9.17, 15) is 0 Å². The SMILES string of the molecule is CCNC(Cc1ccn(C(C)CC)n1)c1snnc1CC. The van der Waals surface area contributed by atoms with Gasteiger partial charge < -0.3 is 5.32 Å². The molecule has 2 unspecified atom stereocenters. The van der Waals surface area contributed by atoms with E-state index in [1.165, 1.54) is 16.4 Å². The molecule has 2 aromatic rings. The number of rotatable bonds is 8. The molecule has 0 aromatic carbocycles. The highest BCUT2D eigenvalue weighted by Crippen LogP contribution is 2.24. The number of hydrogen-bond acceptors (Lipinski definition) is 5. The van der Waals surface area contributed by atoms with Gasteiger partial charge in [-0.15, -0.1) is 5.10 Å². The Morgan fingerprint density at radius 3 is 2.81 bits per heavy atom. The van der Waals surface area contributed by atoms with Gasteiger partial charge in [0.25, 0.3) is 0 Å². The van der Waals surface area contributed by atoms with Gasteiger partial charge in [-0.1, -0.05) is 25.3 Å². The summed E-state index contributed by atoms with van der Waals surface area (Å²) >= 11 is 1.50. The summed E-state index contributed by atoms with van der Waals surface area (Å²) in [6, 6.07) is 2.83. The molecule has 2 aromatic heterocycles. The second-order valence-electron chi connectivity index (χ2n) is 5.30. The molecule has 0 amide bonds. The number of likely N-dealkylation sites (N-methyl/N-ethyl adjacent to an activating group) is 1. The number of nitrogens with zero attached hydrogens (tertiary/aromatic N) is 4. The van der Waals surface area contributed by atoms with Crippen LogP contribution in [0.4, 0.5) is 0 Å². The van der Waals surface area contributed by atoms with Crippen molar-refractivity contribution in [1.82, 2.24) is 24.7 Å². The maximum Gasteiger partial charge on any atom is 0.0801 e. The van der Waals surface area contributed by atoms with Crippen molar-refractivity contribution in [2.45, 2.75) is 59.0 Å². The van der Waals surface area contributed by atoms with E-state index in [2.05, 4.69) is 59.5 Å². The molecule has 0 spiro atoms. The van der Waals surface area contributed by atoms with Crippen LogP contribution in [0.1, 0.15) is 62.5 Å². The standard InChI is InChI=1S/C15H25N5S/c1-5-11(4)20-9-8-12(18-20)10-14(16-7-3)15-13(6-2)17-19-21-15/h8-9,11,14,16H,5-7,10H2,1-4H3. The summed E-state index contributed by atoms with van der Waals surface area (Å²) in [5.41, 5.74) is 2.23. The van der Waals surface area contributed by atoms with E-state index in [0.29, 0.717) is 6.04 Å². The third-order valence-electron chi connectivity index (χ3n) is 3.81.